The van der Waals surface area contributed by atoms with Crippen LogP contribution in [0.15, 0.2) is 5.11 Å². The number of hydrogen-bond donors (Lipinski definition) is 3. The summed E-state index contributed by atoms with van der Waals surface area (Å²) in [5.41, 5.74) is 6.98. The minimum absolute atomic E-state index is 0.0409. The summed E-state index contributed by atoms with van der Waals surface area (Å²) in [4.78, 5) is 0. The standard InChI is InChI=1S/C9H19I2N3O/c10-4-1-8(7-15)3-6-13-9(14-12)2-5-11/h8-9,12-13,15H,1-7H2/t8?,9-/m1/s1. The molecule has 0 heterocycles. The van der Waals surface area contributed by atoms with E-state index < -0.39 is 0 Å². The van der Waals surface area contributed by atoms with Gasteiger partial charge in [0.1, 0.15) is 6.17 Å². The molecule has 0 spiro atoms. The molecule has 0 aromatic rings. The van der Waals surface area contributed by atoms with Crippen molar-refractivity contribution in [3.8, 4) is 0 Å². The van der Waals surface area contributed by atoms with Crippen molar-refractivity contribution in [3.05, 3.63) is 0 Å². The summed E-state index contributed by atoms with van der Waals surface area (Å²) in [5.74, 6) is 0.389. The molecule has 15 heavy (non-hydrogen) atoms. The van der Waals surface area contributed by atoms with Crippen LogP contribution < -0.4 is 5.32 Å². The van der Waals surface area contributed by atoms with Gasteiger partial charge in [-0.05, 0) is 36.2 Å². The predicted octanol–water partition coefficient (Wildman–Crippen LogP) is 2.58. The van der Waals surface area contributed by atoms with Crippen molar-refractivity contribution in [2.24, 2.45) is 11.0 Å². The normalized spacial score (nSPS) is 14.9. The first-order valence-corrected chi connectivity index (χ1v) is 8.16. The molecule has 3 N–H and O–H groups in total. The molecule has 2 atom stereocenters. The first kappa shape index (κ1) is 16.0. The maximum atomic E-state index is 9.09. The number of nitrogens with zero attached hydrogens (tertiary/aromatic N) is 1. The Labute approximate surface area is 119 Å². The van der Waals surface area contributed by atoms with Gasteiger partial charge < -0.3 is 5.11 Å². The van der Waals surface area contributed by atoms with E-state index in [0.717, 1.165) is 34.7 Å². The molecule has 0 saturated heterocycles. The molecule has 0 aromatic carbocycles. The van der Waals surface area contributed by atoms with Crippen LogP contribution in [-0.4, -0.2) is 33.3 Å². The van der Waals surface area contributed by atoms with E-state index in [9.17, 15) is 0 Å². The number of alkyl halides is 2. The largest absolute Gasteiger partial charge is 0.396 e. The fraction of sp³-hybridized carbons (Fsp3) is 1.00. The lowest BCUT2D eigenvalue weighted by atomic mass is 10.0. The van der Waals surface area contributed by atoms with E-state index in [0.29, 0.717) is 5.92 Å². The van der Waals surface area contributed by atoms with Gasteiger partial charge in [0.05, 0.1) is 0 Å². The zero-order valence-corrected chi connectivity index (χ0v) is 13.1. The van der Waals surface area contributed by atoms with Gasteiger partial charge in [0.2, 0.25) is 0 Å². The van der Waals surface area contributed by atoms with E-state index in [-0.39, 0.29) is 12.8 Å². The van der Waals surface area contributed by atoms with Crippen LogP contribution in [0, 0.1) is 11.4 Å². The molecule has 1 unspecified atom stereocenters. The summed E-state index contributed by atoms with van der Waals surface area (Å²) >= 11 is 4.62. The highest BCUT2D eigenvalue weighted by Gasteiger charge is 2.08. The number of halogens is 2. The molecule has 0 radical (unpaired) electrons. The molecule has 0 aliphatic heterocycles. The highest BCUT2D eigenvalue weighted by Crippen LogP contribution is 2.09. The molecule has 0 amide bonds. The van der Waals surface area contributed by atoms with Gasteiger partial charge in [-0.2, -0.15) is 5.11 Å². The van der Waals surface area contributed by atoms with Crippen LogP contribution in [0.25, 0.3) is 0 Å². The number of nitrogens with one attached hydrogen (secondary N) is 2. The number of aliphatic hydroxyl groups excluding tert-OH is 1. The molecular formula is C9H19I2N3O. The first-order valence-electron chi connectivity index (χ1n) is 5.11. The van der Waals surface area contributed by atoms with Crippen molar-refractivity contribution < 1.29 is 5.11 Å². The van der Waals surface area contributed by atoms with Crippen LogP contribution in [0.2, 0.25) is 0 Å². The van der Waals surface area contributed by atoms with Crippen molar-refractivity contribution in [2.45, 2.75) is 25.4 Å². The third-order valence-electron chi connectivity index (χ3n) is 2.25. The van der Waals surface area contributed by atoms with Gasteiger partial charge in [0, 0.05) is 11.0 Å². The van der Waals surface area contributed by atoms with Crippen LogP contribution in [0.5, 0.6) is 0 Å². The Kier molecular flexibility index (Phi) is 12.2. The Hall–Kier alpha value is 0.980. The average Bonchev–Trinajstić information content (AvgIpc) is 2.26. The van der Waals surface area contributed by atoms with Gasteiger partial charge in [-0.15, -0.1) is 0 Å². The summed E-state index contributed by atoms with van der Waals surface area (Å²) in [5, 5.41) is 15.8. The number of rotatable bonds is 10. The summed E-state index contributed by atoms with van der Waals surface area (Å²) in [6, 6.07) is 0. The maximum absolute atomic E-state index is 9.09. The quantitative estimate of drug-likeness (QED) is 0.279. The van der Waals surface area contributed by atoms with Gasteiger partial charge in [-0.25, -0.2) is 5.53 Å². The van der Waals surface area contributed by atoms with E-state index in [1.165, 1.54) is 0 Å². The summed E-state index contributed by atoms with van der Waals surface area (Å²) in [6.07, 6.45) is 2.89. The summed E-state index contributed by atoms with van der Waals surface area (Å²) in [6.45, 7) is 1.10. The Bertz CT molecular complexity index is 160. The van der Waals surface area contributed by atoms with Crippen LogP contribution in [0.3, 0.4) is 0 Å². The smallest absolute Gasteiger partial charge is 0.121 e. The summed E-state index contributed by atoms with van der Waals surface area (Å²) in [7, 11) is 0. The minimum atomic E-state index is -0.0409. The van der Waals surface area contributed by atoms with E-state index in [1.54, 1.807) is 0 Å². The second-order valence-corrected chi connectivity index (χ2v) is 5.55. The van der Waals surface area contributed by atoms with Crippen molar-refractivity contribution >= 4 is 45.2 Å². The highest BCUT2D eigenvalue weighted by atomic mass is 127. The molecule has 0 rings (SSSR count). The number of aliphatic hydroxyl groups is 1. The third-order valence-corrected chi connectivity index (χ3v) is 3.49. The Morgan fingerprint density at radius 1 is 1.20 bits per heavy atom. The van der Waals surface area contributed by atoms with Gasteiger partial charge in [-0.3, -0.25) is 5.32 Å². The second kappa shape index (κ2) is 11.5. The van der Waals surface area contributed by atoms with Crippen molar-refractivity contribution in [1.29, 1.82) is 5.53 Å². The third kappa shape index (κ3) is 8.75. The van der Waals surface area contributed by atoms with Crippen LogP contribution in [0.1, 0.15) is 19.3 Å². The first-order chi connectivity index (χ1) is 7.28. The minimum Gasteiger partial charge on any atom is -0.396 e. The second-order valence-electron chi connectivity index (χ2n) is 3.39. The molecule has 0 saturated carbocycles. The van der Waals surface area contributed by atoms with E-state index in [1.807, 2.05) is 0 Å². The SMILES string of the molecule is N=N[C@H](CCI)NCCC(CO)CCI. The zero-order valence-electron chi connectivity index (χ0n) is 8.75. The van der Waals surface area contributed by atoms with Gasteiger partial charge in [0.15, 0.2) is 0 Å². The lowest BCUT2D eigenvalue weighted by molar-refractivity contribution is 0.214. The number of hydrogen-bond acceptors (Lipinski definition) is 4. The van der Waals surface area contributed by atoms with Gasteiger partial charge in [-0.1, -0.05) is 45.2 Å². The van der Waals surface area contributed by atoms with Crippen molar-refractivity contribution in [2.75, 3.05) is 22.0 Å². The fourth-order valence-corrected chi connectivity index (χ4v) is 2.72. The van der Waals surface area contributed by atoms with Gasteiger partial charge >= 0.3 is 0 Å². The highest BCUT2D eigenvalue weighted by molar-refractivity contribution is 14.1. The lowest BCUT2D eigenvalue weighted by Crippen LogP contribution is -2.29. The molecule has 6 heteroatoms. The Balaban J connectivity index is 3.59. The average molecular weight is 439 g/mol. The van der Waals surface area contributed by atoms with E-state index in [4.69, 9.17) is 10.6 Å². The van der Waals surface area contributed by atoms with Gasteiger partial charge in [0.25, 0.3) is 0 Å². The lowest BCUT2D eigenvalue weighted by Gasteiger charge is -2.15. The molecule has 0 fully saturated rings. The molecular weight excluding hydrogens is 420 g/mol. The van der Waals surface area contributed by atoms with Crippen LogP contribution in [0.4, 0.5) is 0 Å². The van der Waals surface area contributed by atoms with Crippen LogP contribution >= 0.6 is 45.2 Å². The maximum Gasteiger partial charge on any atom is 0.121 e. The molecule has 0 aromatic heterocycles. The Morgan fingerprint density at radius 3 is 2.33 bits per heavy atom. The fourth-order valence-electron chi connectivity index (χ4n) is 1.25. The van der Waals surface area contributed by atoms with E-state index >= 15 is 0 Å². The monoisotopic (exact) mass is 439 g/mol. The molecule has 0 aliphatic carbocycles. The molecule has 0 aliphatic rings. The topological polar surface area (TPSA) is 68.5 Å². The molecule has 4 nitrogen and oxygen atoms in total. The molecule has 90 valence electrons. The van der Waals surface area contributed by atoms with Crippen LogP contribution in [-0.2, 0) is 0 Å². The summed E-state index contributed by atoms with van der Waals surface area (Å²) < 4.78 is 2.10. The van der Waals surface area contributed by atoms with Crippen molar-refractivity contribution in [1.82, 2.24) is 5.32 Å². The van der Waals surface area contributed by atoms with E-state index in [2.05, 4.69) is 55.6 Å². The molecule has 0 bridgehead atoms. The predicted molar refractivity (Wildman–Crippen MR) is 79.1 cm³/mol. The van der Waals surface area contributed by atoms with Crippen molar-refractivity contribution in [3.63, 3.8) is 0 Å². The Morgan fingerprint density at radius 2 is 1.87 bits per heavy atom. The zero-order chi connectivity index (χ0) is 11.5.